The van der Waals surface area contributed by atoms with Crippen molar-refractivity contribution in [2.75, 3.05) is 18.0 Å². The fraction of sp³-hybridized carbons (Fsp3) is 0.500. The third-order valence-corrected chi connectivity index (χ3v) is 4.21. The molecule has 3 nitrogen and oxygen atoms in total. The van der Waals surface area contributed by atoms with Crippen LogP contribution in [0.1, 0.15) is 36.5 Å². The van der Waals surface area contributed by atoms with Crippen LogP contribution in [0.4, 0.5) is 5.69 Å². The molecule has 1 aliphatic rings. The molecule has 98 valence electrons. The van der Waals surface area contributed by atoms with Crippen LogP contribution in [-0.2, 0) is 0 Å². The number of rotatable bonds is 3. The zero-order valence-corrected chi connectivity index (χ0v) is 12.1. The quantitative estimate of drug-likeness (QED) is 0.923. The molecule has 0 radical (unpaired) electrons. The highest BCUT2D eigenvalue weighted by atomic mass is 79.9. The van der Waals surface area contributed by atoms with Crippen LogP contribution in [-0.4, -0.2) is 24.2 Å². The van der Waals surface area contributed by atoms with E-state index in [4.69, 9.17) is 0 Å². The molecule has 0 atom stereocenters. The van der Waals surface area contributed by atoms with E-state index in [9.17, 15) is 9.90 Å². The number of halogens is 1. The first kappa shape index (κ1) is 13.4. The minimum Gasteiger partial charge on any atom is -0.478 e. The molecule has 2 rings (SSSR count). The molecule has 1 aliphatic heterocycles. The number of benzene rings is 1. The van der Waals surface area contributed by atoms with Gasteiger partial charge in [-0.1, -0.05) is 29.3 Å². The van der Waals surface area contributed by atoms with E-state index in [2.05, 4.69) is 27.8 Å². The van der Waals surface area contributed by atoms with E-state index >= 15 is 0 Å². The van der Waals surface area contributed by atoms with Gasteiger partial charge in [0.2, 0.25) is 0 Å². The van der Waals surface area contributed by atoms with Gasteiger partial charge in [0.25, 0.3) is 0 Å². The number of aromatic carboxylic acids is 1. The number of carboxylic acid groups (broad SMARTS) is 1. The van der Waals surface area contributed by atoms with E-state index in [0.717, 1.165) is 42.0 Å². The van der Waals surface area contributed by atoms with Gasteiger partial charge < -0.3 is 10.0 Å². The second kappa shape index (κ2) is 5.74. The third kappa shape index (κ3) is 2.86. The Morgan fingerprint density at radius 1 is 1.44 bits per heavy atom. The Labute approximate surface area is 116 Å². The van der Waals surface area contributed by atoms with Crippen LogP contribution in [0.2, 0.25) is 0 Å². The van der Waals surface area contributed by atoms with Crippen LogP contribution in [0.15, 0.2) is 22.7 Å². The highest BCUT2D eigenvalue weighted by Crippen LogP contribution is 2.29. The average Bonchev–Trinajstić information content (AvgIpc) is 2.39. The highest BCUT2D eigenvalue weighted by Gasteiger charge is 2.21. The Hall–Kier alpha value is -1.03. The smallest absolute Gasteiger partial charge is 0.337 e. The zero-order valence-electron chi connectivity index (χ0n) is 10.5. The Morgan fingerprint density at radius 3 is 2.67 bits per heavy atom. The van der Waals surface area contributed by atoms with E-state index in [1.165, 1.54) is 6.42 Å². The topological polar surface area (TPSA) is 40.5 Å². The Kier molecular flexibility index (Phi) is 4.27. The summed E-state index contributed by atoms with van der Waals surface area (Å²) in [5.74, 6) is -0.0612. The lowest BCUT2D eigenvalue weighted by Crippen LogP contribution is -2.34. The van der Waals surface area contributed by atoms with E-state index < -0.39 is 5.97 Å². The van der Waals surface area contributed by atoms with Crippen molar-refractivity contribution in [2.24, 2.45) is 5.92 Å². The summed E-state index contributed by atoms with van der Waals surface area (Å²) in [6, 6.07) is 5.50. The summed E-state index contributed by atoms with van der Waals surface area (Å²) in [5, 5.41) is 9.27. The lowest BCUT2D eigenvalue weighted by Gasteiger charge is -2.34. The van der Waals surface area contributed by atoms with E-state index in [1.54, 1.807) is 6.07 Å². The molecule has 1 aromatic carbocycles. The maximum atomic E-state index is 11.3. The predicted molar refractivity (Wildman–Crippen MR) is 76.3 cm³/mol. The summed E-state index contributed by atoms with van der Waals surface area (Å²) in [7, 11) is 0. The molecular weight excluding hydrogens is 294 g/mol. The van der Waals surface area contributed by atoms with Gasteiger partial charge in [0.15, 0.2) is 0 Å². The van der Waals surface area contributed by atoms with Gasteiger partial charge in [0.1, 0.15) is 0 Å². The average molecular weight is 312 g/mol. The summed E-state index contributed by atoms with van der Waals surface area (Å²) in [4.78, 5) is 13.5. The van der Waals surface area contributed by atoms with Gasteiger partial charge in [0, 0.05) is 17.6 Å². The fourth-order valence-electron chi connectivity index (χ4n) is 2.54. The van der Waals surface area contributed by atoms with Crippen molar-refractivity contribution in [2.45, 2.75) is 26.2 Å². The van der Waals surface area contributed by atoms with Gasteiger partial charge in [-0.25, -0.2) is 4.79 Å². The Morgan fingerprint density at radius 2 is 2.11 bits per heavy atom. The van der Waals surface area contributed by atoms with Crippen LogP contribution >= 0.6 is 15.9 Å². The van der Waals surface area contributed by atoms with E-state index in [1.807, 2.05) is 12.1 Å². The molecular formula is C14H18BrNO2. The number of carbonyl (C=O) groups is 1. The van der Waals surface area contributed by atoms with E-state index in [-0.39, 0.29) is 0 Å². The van der Waals surface area contributed by atoms with Crippen LogP contribution in [0.3, 0.4) is 0 Å². The van der Waals surface area contributed by atoms with Crippen molar-refractivity contribution < 1.29 is 9.90 Å². The maximum absolute atomic E-state index is 11.3. The molecule has 1 aromatic rings. The Bertz CT molecular complexity index is 439. The molecule has 4 heteroatoms. The lowest BCUT2D eigenvalue weighted by molar-refractivity contribution is 0.0697. The number of nitrogens with zero attached hydrogens (tertiary/aromatic N) is 1. The molecule has 1 heterocycles. The number of anilines is 1. The van der Waals surface area contributed by atoms with Crippen LogP contribution < -0.4 is 4.90 Å². The molecule has 1 saturated heterocycles. The molecule has 0 aromatic heterocycles. The maximum Gasteiger partial charge on any atom is 0.337 e. The van der Waals surface area contributed by atoms with Gasteiger partial charge in [-0.05, 0) is 37.0 Å². The fourth-order valence-corrected chi connectivity index (χ4v) is 2.90. The molecule has 1 fully saturated rings. The summed E-state index contributed by atoms with van der Waals surface area (Å²) in [5.41, 5.74) is 1.24. The van der Waals surface area contributed by atoms with Gasteiger partial charge in [-0.15, -0.1) is 0 Å². The molecule has 0 spiro atoms. The largest absolute Gasteiger partial charge is 0.478 e. The standard InChI is InChI=1S/C14H18BrNO2/c1-2-10-5-7-16(8-6-10)13-4-3-11(15)9-12(13)14(17)18/h3-4,9-10H,2,5-8H2,1H3,(H,17,18). The first-order valence-electron chi connectivity index (χ1n) is 6.39. The monoisotopic (exact) mass is 311 g/mol. The van der Waals surface area contributed by atoms with Crippen molar-refractivity contribution in [3.63, 3.8) is 0 Å². The van der Waals surface area contributed by atoms with Gasteiger partial charge in [0.05, 0.1) is 11.3 Å². The van der Waals surface area contributed by atoms with Gasteiger partial charge in [-0.2, -0.15) is 0 Å². The lowest BCUT2D eigenvalue weighted by atomic mass is 9.94. The van der Waals surface area contributed by atoms with Crippen molar-refractivity contribution in [3.05, 3.63) is 28.2 Å². The van der Waals surface area contributed by atoms with Gasteiger partial charge in [-0.3, -0.25) is 0 Å². The van der Waals surface area contributed by atoms with Crippen molar-refractivity contribution >= 4 is 27.6 Å². The minimum atomic E-state index is -0.857. The molecule has 0 amide bonds. The Balaban J connectivity index is 2.21. The predicted octanol–water partition coefficient (Wildman–Crippen LogP) is 3.77. The number of hydrogen-bond acceptors (Lipinski definition) is 2. The number of carboxylic acids is 1. The van der Waals surface area contributed by atoms with Crippen molar-refractivity contribution in [1.82, 2.24) is 0 Å². The zero-order chi connectivity index (χ0) is 13.1. The molecule has 0 bridgehead atoms. The van der Waals surface area contributed by atoms with Crippen LogP contribution in [0.5, 0.6) is 0 Å². The van der Waals surface area contributed by atoms with Crippen molar-refractivity contribution in [3.8, 4) is 0 Å². The normalized spacial score (nSPS) is 16.9. The third-order valence-electron chi connectivity index (χ3n) is 3.72. The highest BCUT2D eigenvalue weighted by molar-refractivity contribution is 9.10. The molecule has 1 N–H and O–H groups in total. The number of hydrogen-bond donors (Lipinski definition) is 1. The first-order valence-corrected chi connectivity index (χ1v) is 7.19. The summed E-state index contributed by atoms with van der Waals surface area (Å²) < 4.78 is 0.812. The SMILES string of the molecule is CCC1CCN(c2ccc(Br)cc2C(=O)O)CC1. The molecule has 0 saturated carbocycles. The molecule has 18 heavy (non-hydrogen) atoms. The first-order chi connectivity index (χ1) is 8.61. The second-order valence-corrected chi connectivity index (χ2v) is 5.72. The van der Waals surface area contributed by atoms with Crippen LogP contribution in [0.25, 0.3) is 0 Å². The van der Waals surface area contributed by atoms with Gasteiger partial charge >= 0.3 is 5.97 Å². The molecule has 0 aliphatic carbocycles. The number of piperidine rings is 1. The van der Waals surface area contributed by atoms with Crippen molar-refractivity contribution in [1.29, 1.82) is 0 Å². The molecule has 0 unspecified atom stereocenters. The van der Waals surface area contributed by atoms with E-state index in [0.29, 0.717) is 5.56 Å². The van der Waals surface area contributed by atoms with Crippen LogP contribution in [0, 0.1) is 5.92 Å². The second-order valence-electron chi connectivity index (χ2n) is 4.81. The summed E-state index contributed by atoms with van der Waals surface area (Å²) in [6.45, 7) is 4.14. The summed E-state index contributed by atoms with van der Waals surface area (Å²) >= 11 is 3.33. The summed E-state index contributed by atoms with van der Waals surface area (Å²) in [6.07, 6.45) is 3.54. The minimum absolute atomic E-state index is 0.388.